The lowest BCUT2D eigenvalue weighted by atomic mass is 10.0. The predicted octanol–water partition coefficient (Wildman–Crippen LogP) is 1.63. The van der Waals surface area contributed by atoms with Crippen LogP contribution in [0.3, 0.4) is 0 Å². The maximum Gasteiger partial charge on any atom is 0.133 e. The average Bonchev–Trinajstić information content (AvgIpc) is 2.39. The largest absolute Gasteiger partial charge is 0.356 e. The Morgan fingerprint density at radius 1 is 1.44 bits per heavy atom. The summed E-state index contributed by atoms with van der Waals surface area (Å²) in [5.74, 6) is 1.04. The Kier molecular flexibility index (Phi) is 4.19. The molecule has 0 amide bonds. The first-order valence-corrected chi connectivity index (χ1v) is 6.71. The fourth-order valence-corrected chi connectivity index (χ4v) is 2.61. The lowest BCUT2D eigenvalue weighted by molar-refractivity contribution is 0.252. The van der Waals surface area contributed by atoms with E-state index >= 15 is 0 Å². The van der Waals surface area contributed by atoms with Crippen molar-refractivity contribution in [3.8, 4) is 0 Å². The van der Waals surface area contributed by atoms with Gasteiger partial charge in [0.15, 0.2) is 0 Å². The van der Waals surface area contributed by atoms with Crippen molar-refractivity contribution in [3.05, 3.63) is 23.9 Å². The van der Waals surface area contributed by atoms with Crippen LogP contribution in [0.1, 0.15) is 31.4 Å². The summed E-state index contributed by atoms with van der Waals surface area (Å²) in [6.45, 7) is 4.34. The molecule has 1 saturated heterocycles. The van der Waals surface area contributed by atoms with Crippen LogP contribution in [0.5, 0.6) is 0 Å². The van der Waals surface area contributed by atoms with Crippen LogP contribution in [0.2, 0.25) is 0 Å². The monoisotopic (exact) mass is 248 g/mol. The Balaban J connectivity index is 2.15. The van der Waals surface area contributed by atoms with Crippen LogP contribution in [0, 0.1) is 0 Å². The highest BCUT2D eigenvalue weighted by atomic mass is 15.2. The molecule has 2 rings (SSSR count). The molecule has 0 radical (unpaired) electrons. The van der Waals surface area contributed by atoms with Crippen LogP contribution in [0.4, 0.5) is 5.82 Å². The van der Waals surface area contributed by atoms with Crippen molar-refractivity contribution in [1.82, 2.24) is 9.88 Å². The number of nitrogens with two attached hydrogens (primary N) is 1. The minimum absolute atomic E-state index is 0.0300. The van der Waals surface area contributed by atoms with Crippen LogP contribution in [-0.4, -0.2) is 43.1 Å². The molecule has 0 aliphatic carbocycles. The highest BCUT2D eigenvalue weighted by molar-refractivity contribution is 5.48. The van der Waals surface area contributed by atoms with Crippen molar-refractivity contribution >= 4 is 5.82 Å². The number of anilines is 1. The number of likely N-dealkylation sites (tertiary alicyclic amines) is 1. The second kappa shape index (κ2) is 5.67. The van der Waals surface area contributed by atoms with E-state index in [0.29, 0.717) is 6.04 Å². The molecule has 1 atom stereocenters. The van der Waals surface area contributed by atoms with E-state index in [1.54, 1.807) is 0 Å². The van der Waals surface area contributed by atoms with Crippen molar-refractivity contribution in [2.24, 2.45) is 5.73 Å². The smallest absolute Gasteiger partial charge is 0.133 e. The number of piperidine rings is 1. The van der Waals surface area contributed by atoms with Crippen molar-refractivity contribution < 1.29 is 0 Å². The molecule has 18 heavy (non-hydrogen) atoms. The van der Waals surface area contributed by atoms with Crippen molar-refractivity contribution in [1.29, 1.82) is 0 Å². The van der Waals surface area contributed by atoms with E-state index in [-0.39, 0.29) is 6.04 Å². The minimum Gasteiger partial charge on any atom is -0.356 e. The molecule has 0 spiro atoms. The maximum atomic E-state index is 6.03. The maximum absolute atomic E-state index is 6.03. The third-order valence-corrected chi connectivity index (χ3v) is 3.88. The first-order chi connectivity index (χ1) is 8.59. The Labute approximate surface area is 110 Å². The van der Waals surface area contributed by atoms with E-state index in [9.17, 15) is 0 Å². The fourth-order valence-electron chi connectivity index (χ4n) is 2.61. The zero-order valence-corrected chi connectivity index (χ0v) is 11.6. The van der Waals surface area contributed by atoms with Gasteiger partial charge in [-0.15, -0.1) is 0 Å². The van der Waals surface area contributed by atoms with Gasteiger partial charge in [0, 0.05) is 30.9 Å². The van der Waals surface area contributed by atoms with E-state index in [4.69, 9.17) is 5.73 Å². The molecule has 1 fully saturated rings. The van der Waals surface area contributed by atoms with Crippen LogP contribution in [-0.2, 0) is 0 Å². The molecule has 0 bridgehead atoms. The van der Waals surface area contributed by atoms with E-state index in [2.05, 4.69) is 34.9 Å². The summed E-state index contributed by atoms with van der Waals surface area (Å²) in [4.78, 5) is 9.22. The standard InChI is InChI=1S/C14H24N4/c1-11(15)13-5-4-8-16-14(13)18(3)12-6-9-17(2)10-7-12/h4-5,8,11-12H,6-7,9-10,15H2,1-3H3/t11-/m1/s1. The molecule has 1 aliphatic rings. The van der Waals surface area contributed by atoms with Gasteiger partial charge in [-0.2, -0.15) is 0 Å². The van der Waals surface area contributed by atoms with E-state index in [1.165, 1.54) is 12.8 Å². The minimum atomic E-state index is 0.0300. The normalized spacial score (nSPS) is 19.8. The molecule has 4 heteroatoms. The van der Waals surface area contributed by atoms with Crippen molar-refractivity contribution in [2.45, 2.75) is 31.8 Å². The van der Waals surface area contributed by atoms with Crippen molar-refractivity contribution in [3.63, 3.8) is 0 Å². The van der Waals surface area contributed by atoms with Gasteiger partial charge in [0.2, 0.25) is 0 Å². The zero-order valence-electron chi connectivity index (χ0n) is 11.6. The lowest BCUT2D eigenvalue weighted by Crippen LogP contribution is -2.42. The molecular weight excluding hydrogens is 224 g/mol. The third-order valence-electron chi connectivity index (χ3n) is 3.88. The molecule has 4 nitrogen and oxygen atoms in total. The second-order valence-electron chi connectivity index (χ2n) is 5.35. The number of hydrogen-bond donors (Lipinski definition) is 1. The van der Waals surface area contributed by atoms with Crippen LogP contribution in [0.15, 0.2) is 18.3 Å². The quantitative estimate of drug-likeness (QED) is 0.883. The fraction of sp³-hybridized carbons (Fsp3) is 0.643. The van der Waals surface area contributed by atoms with Gasteiger partial charge in [-0.25, -0.2) is 4.98 Å². The van der Waals surface area contributed by atoms with Crippen LogP contribution < -0.4 is 10.6 Å². The molecule has 1 aliphatic heterocycles. The number of rotatable bonds is 3. The summed E-state index contributed by atoms with van der Waals surface area (Å²) in [6, 6.07) is 4.65. The first kappa shape index (κ1) is 13.3. The summed E-state index contributed by atoms with van der Waals surface area (Å²) >= 11 is 0. The zero-order chi connectivity index (χ0) is 13.1. The Morgan fingerprint density at radius 2 is 2.11 bits per heavy atom. The Hall–Kier alpha value is -1.13. The number of aromatic nitrogens is 1. The summed E-state index contributed by atoms with van der Waals surface area (Å²) in [5, 5.41) is 0. The van der Waals surface area contributed by atoms with Gasteiger partial charge in [-0.05, 0) is 46.0 Å². The molecule has 2 heterocycles. The van der Waals surface area contributed by atoms with E-state index < -0.39 is 0 Å². The van der Waals surface area contributed by atoms with Gasteiger partial charge in [0.25, 0.3) is 0 Å². The topological polar surface area (TPSA) is 45.4 Å². The van der Waals surface area contributed by atoms with E-state index in [1.807, 2.05) is 19.2 Å². The van der Waals surface area contributed by atoms with Gasteiger partial charge in [-0.1, -0.05) is 6.07 Å². The van der Waals surface area contributed by atoms with Gasteiger partial charge in [-0.3, -0.25) is 0 Å². The molecule has 0 saturated carbocycles. The number of hydrogen-bond acceptors (Lipinski definition) is 4. The molecule has 1 aromatic rings. The van der Waals surface area contributed by atoms with Crippen molar-refractivity contribution in [2.75, 3.05) is 32.1 Å². The third kappa shape index (κ3) is 2.82. The summed E-state index contributed by atoms with van der Waals surface area (Å²) < 4.78 is 0. The first-order valence-electron chi connectivity index (χ1n) is 6.71. The molecule has 0 aromatic carbocycles. The van der Waals surface area contributed by atoms with Gasteiger partial charge in [0.1, 0.15) is 5.82 Å². The SMILES string of the molecule is C[C@@H](N)c1cccnc1N(C)C1CCN(C)CC1. The second-order valence-corrected chi connectivity index (χ2v) is 5.35. The highest BCUT2D eigenvalue weighted by Gasteiger charge is 2.23. The molecule has 100 valence electrons. The number of pyridine rings is 1. The van der Waals surface area contributed by atoms with Gasteiger partial charge >= 0.3 is 0 Å². The Morgan fingerprint density at radius 3 is 2.72 bits per heavy atom. The molecule has 1 aromatic heterocycles. The van der Waals surface area contributed by atoms with Gasteiger partial charge in [0.05, 0.1) is 0 Å². The number of nitrogens with zero attached hydrogens (tertiary/aromatic N) is 3. The van der Waals surface area contributed by atoms with Crippen LogP contribution in [0.25, 0.3) is 0 Å². The van der Waals surface area contributed by atoms with E-state index in [0.717, 1.165) is 24.5 Å². The molecule has 0 unspecified atom stereocenters. The Bertz CT molecular complexity index is 383. The van der Waals surface area contributed by atoms with Crippen LogP contribution >= 0.6 is 0 Å². The highest BCUT2D eigenvalue weighted by Crippen LogP contribution is 2.26. The van der Waals surface area contributed by atoms with Gasteiger partial charge < -0.3 is 15.5 Å². The molecule has 2 N–H and O–H groups in total. The summed E-state index contributed by atoms with van der Waals surface area (Å²) in [6.07, 6.45) is 4.25. The molecular formula is C14H24N4. The average molecular weight is 248 g/mol. The summed E-state index contributed by atoms with van der Waals surface area (Å²) in [5.41, 5.74) is 7.17. The summed E-state index contributed by atoms with van der Waals surface area (Å²) in [7, 11) is 4.33. The predicted molar refractivity (Wildman–Crippen MR) is 75.8 cm³/mol. The lowest BCUT2D eigenvalue weighted by Gasteiger charge is -2.36.